The summed E-state index contributed by atoms with van der Waals surface area (Å²) >= 11 is 4.48. The number of ether oxygens (including phenoxy) is 1. The predicted octanol–water partition coefficient (Wildman–Crippen LogP) is 7.93. The molecule has 0 heterocycles. The molecule has 4 nitrogen and oxygen atoms in total. The van der Waals surface area contributed by atoms with Crippen molar-refractivity contribution in [2.75, 3.05) is 12.8 Å². The van der Waals surface area contributed by atoms with E-state index in [-0.39, 0.29) is 12.4 Å². The van der Waals surface area contributed by atoms with Crippen molar-refractivity contribution in [1.29, 1.82) is 0 Å². The molecule has 0 spiro atoms. The van der Waals surface area contributed by atoms with E-state index in [2.05, 4.69) is 106 Å². The number of rotatable bonds is 14. The Hall–Kier alpha value is -3.92. The van der Waals surface area contributed by atoms with Gasteiger partial charge in [-0.15, -0.1) is 0 Å². The third-order valence-electron chi connectivity index (χ3n) is 8.21. The Bertz CT molecular complexity index is 1640. The summed E-state index contributed by atoms with van der Waals surface area (Å²) in [6.07, 6.45) is 3.87. The molecule has 44 heavy (non-hydrogen) atoms. The fraction of sp³-hybridized carbons (Fsp3) is 0.184. The first kappa shape index (κ1) is 31.5. The first-order chi connectivity index (χ1) is 21.4. The maximum atomic E-state index is 12.6. The molecule has 0 bridgehead atoms. The Morgan fingerprint density at radius 2 is 1.07 bits per heavy atom. The SMILES string of the molecule is O=C(CC(=O)c1ccc2ccccc2c1)C(=O)OCCCCCCP(Br)(c1ccccc1)(c1ccccc1)c1ccccc1. The van der Waals surface area contributed by atoms with Crippen LogP contribution in [0.5, 0.6) is 0 Å². The summed E-state index contributed by atoms with van der Waals surface area (Å²) in [5, 5.41) is 2.85. The van der Waals surface area contributed by atoms with Gasteiger partial charge in [-0.1, -0.05) is 36.4 Å². The van der Waals surface area contributed by atoms with E-state index in [0.717, 1.165) is 36.2 Å². The van der Waals surface area contributed by atoms with Crippen LogP contribution in [0.1, 0.15) is 42.5 Å². The normalized spacial score (nSPS) is 12.2. The summed E-state index contributed by atoms with van der Waals surface area (Å²) in [4.78, 5) is 37.4. The summed E-state index contributed by atoms with van der Waals surface area (Å²) in [6.45, 7) is 0.155. The van der Waals surface area contributed by atoms with Crippen molar-refractivity contribution < 1.29 is 19.1 Å². The molecule has 5 rings (SSSR count). The molecule has 224 valence electrons. The molecule has 5 aromatic carbocycles. The van der Waals surface area contributed by atoms with Gasteiger partial charge in [0.1, 0.15) is 0 Å². The number of Topliss-reactive ketones (excluding diaryl/α,β-unsaturated/α-hetero) is 2. The summed E-state index contributed by atoms with van der Waals surface area (Å²) in [7, 11) is 0. The molecule has 0 radical (unpaired) electrons. The molecule has 0 atom stereocenters. The molecule has 0 N–H and O–H groups in total. The van der Waals surface area contributed by atoms with Crippen LogP contribution in [-0.2, 0) is 14.3 Å². The van der Waals surface area contributed by atoms with Gasteiger partial charge in [-0.25, -0.2) is 0 Å². The first-order valence-corrected chi connectivity index (χ1v) is 19.5. The fourth-order valence-corrected chi connectivity index (χ4v) is 13.6. The number of esters is 1. The van der Waals surface area contributed by atoms with Gasteiger partial charge in [0.25, 0.3) is 0 Å². The molecule has 0 saturated heterocycles. The Balaban J connectivity index is 1.16. The number of carbonyl (C=O) groups is 3. The fourth-order valence-electron chi connectivity index (χ4n) is 5.84. The van der Waals surface area contributed by atoms with Crippen LogP contribution in [0.25, 0.3) is 10.8 Å². The number of hydrogen-bond donors (Lipinski definition) is 0. The predicted molar refractivity (Wildman–Crippen MR) is 186 cm³/mol. The number of carbonyl (C=O) groups excluding carboxylic acids is 3. The van der Waals surface area contributed by atoms with Crippen LogP contribution >= 0.6 is 20.8 Å². The van der Waals surface area contributed by atoms with Crippen molar-refractivity contribution in [3.63, 3.8) is 0 Å². The van der Waals surface area contributed by atoms with Crippen LogP contribution in [0.3, 0.4) is 0 Å². The van der Waals surface area contributed by atoms with E-state index in [9.17, 15) is 14.4 Å². The van der Waals surface area contributed by atoms with E-state index in [4.69, 9.17) is 4.74 Å². The van der Waals surface area contributed by atoms with E-state index in [1.807, 2.05) is 30.3 Å². The van der Waals surface area contributed by atoms with Gasteiger partial charge in [-0.3, -0.25) is 0 Å². The number of unbranched alkanes of at least 4 members (excludes halogenated alkanes) is 3. The van der Waals surface area contributed by atoms with Crippen molar-refractivity contribution >= 4 is 65.0 Å². The van der Waals surface area contributed by atoms with Gasteiger partial charge in [0.05, 0.1) is 0 Å². The molecule has 5 aromatic rings. The van der Waals surface area contributed by atoms with Gasteiger partial charge in [0.2, 0.25) is 0 Å². The maximum absolute atomic E-state index is 12.6. The van der Waals surface area contributed by atoms with Crippen molar-refractivity contribution in [2.45, 2.75) is 32.1 Å². The molecule has 0 aliphatic rings. The van der Waals surface area contributed by atoms with Gasteiger partial charge >= 0.3 is 215 Å². The average Bonchev–Trinajstić information content (AvgIpc) is 3.08. The van der Waals surface area contributed by atoms with Crippen molar-refractivity contribution in [3.8, 4) is 0 Å². The van der Waals surface area contributed by atoms with E-state index in [0.29, 0.717) is 12.0 Å². The summed E-state index contributed by atoms with van der Waals surface area (Å²) in [6, 6.07) is 45.1. The second-order valence-electron chi connectivity index (χ2n) is 11.0. The Morgan fingerprint density at radius 3 is 1.64 bits per heavy atom. The molecule has 0 aliphatic carbocycles. The van der Waals surface area contributed by atoms with Crippen LogP contribution in [0.15, 0.2) is 133 Å². The number of benzene rings is 5. The Kier molecular flexibility index (Phi) is 10.2. The topological polar surface area (TPSA) is 60.4 Å². The van der Waals surface area contributed by atoms with Gasteiger partial charge in [0, 0.05) is 0 Å². The van der Waals surface area contributed by atoms with E-state index < -0.39 is 23.5 Å². The molecule has 0 aromatic heterocycles. The average molecular weight is 668 g/mol. The monoisotopic (exact) mass is 666 g/mol. The number of halogens is 1. The molecular weight excluding hydrogens is 631 g/mol. The zero-order valence-electron chi connectivity index (χ0n) is 24.6. The Labute approximate surface area is 267 Å². The van der Waals surface area contributed by atoms with Crippen molar-refractivity contribution in [3.05, 3.63) is 139 Å². The molecule has 0 saturated carbocycles. The minimum absolute atomic E-state index is 0.155. The van der Waals surface area contributed by atoms with Gasteiger partial charge in [-0.2, -0.15) is 0 Å². The van der Waals surface area contributed by atoms with E-state index in [1.165, 1.54) is 15.9 Å². The molecule has 0 unspecified atom stereocenters. The van der Waals surface area contributed by atoms with Crippen LogP contribution in [0.2, 0.25) is 0 Å². The second kappa shape index (κ2) is 14.2. The Morgan fingerprint density at radius 1 is 0.568 bits per heavy atom. The van der Waals surface area contributed by atoms with Gasteiger partial charge < -0.3 is 0 Å². The third-order valence-corrected chi connectivity index (χ3v) is 18.2. The number of ketones is 2. The first-order valence-electron chi connectivity index (χ1n) is 15.0. The summed E-state index contributed by atoms with van der Waals surface area (Å²) in [5.41, 5.74) is 0.412. The van der Waals surface area contributed by atoms with Crippen LogP contribution in [0.4, 0.5) is 0 Å². The minimum atomic E-state index is -2.95. The van der Waals surface area contributed by atoms with Crippen molar-refractivity contribution in [1.82, 2.24) is 0 Å². The summed E-state index contributed by atoms with van der Waals surface area (Å²) in [5.74, 6) is -2.14. The second-order valence-corrected chi connectivity index (χ2v) is 20.1. The third kappa shape index (κ3) is 6.75. The quantitative estimate of drug-likeness (QED) is 0.0302. The van der Waals surface area contributed by atoms with Crippen molar-refractivity contribution in [2.24, 2.45) is 0 Å². The molecule has 0 aliphatic heterocycles. The van der Waals surface area contributed by atoms with Gasteiger partial charge in [-0.05, 0) is 16.8 Å². The molecular formula is C38H36BrO4P. The number of hydrogen-bond acceptors (Lipinski definition) is 4. The zero-order chi connectivity index (χ0) is 30.9. The van der Waals surface area contributed by atoms with E-state index in [1.54, 1.807) is 12.1 Å². The molecule has 0 fully saturated rings. The molecule has 0 amide bonds. The number of fused-ring (bicyclic) bond motifs is 1. The van der Waals surface area contributed by atoms with Crippen LogP contribution in [0, 0.1) is 0 Å². The zero-order valence-corrected chi connectivity index (χ0v) is 27.1. The standard InChI is InChI=1S/C38H36BrO4P/c39-44(33-18-6-3-7-19-33,34-20-8-4-9-21-34,35-22-10-5-11-23-35)27-15-2-1-14-26-43-38(42)37(41)29-36(40)32-25-24-30-16-12-13-17-31(30)28-32/h3-13,16-25,28H,1-2,14-15,26-27,29H2. The van der Waals surface area contributed by atoms with Gasteiger partial charge in [0.15, 0.2) is 0 Å². The van der Waals surface area contributed by atoms with Crippen LogP contribution in [-0.4, -0.2) is 30.3 Å². The van der Waals surface area contributed by atoms with E-state index >= 15 is 0 Å². The molecule has 6 heteroatoms. The summed E-state index contributed by atoms with van der Waals surface area (Å²) < 4.78 is 5.24. The van der Waals surface area contributed by atoms with Crippen LogP contribution < -0.4 is 15.9 Å².